The molecular weight excluding hydrogens is 364 g/mol. The first-order valence-electron chi connectivity index (χ1n) is 9.37. The summed E-state index contributed by atoms with van der Waals surface area (Å²) in [5.41, 5.74) is 1.47. The van der Waals surface area contributed by atoms with Gasteiger partial charge in [0.15, 0.2) is 0 Å². The Morgan fingerprint density at radius 1 is 1.41 bits per heavy atom. The zero-order valence-corrected chi connectivity index (χ0v) is 16.8. The molecule has 0 radical (unpaired) electrons. The SMILES string of the molecule is CC(C)COc1cccc(CNC(=O)c2ccn(C3CCCNC3)n2)c1.Cl. The molecular formula is C20H29ClN4O2. The van der Waals surface area contributed by atoms with Crippen molar-refractivity contribution in [3.8, 4) is 5.75 Å². The van der Waals surface area contributed by atoms with Gasteiger partial charge in [0.25, 0.3) is 5.91 Å². The maximum absolute atomic E-state index is 12.4. The highest BCUT2D eigenvalue weighted by molar-refractivity contribution is 5.92. The number of aromatic nitrogens is 2. The van der Waals surface area contributed by atoms with E-state index in [9.17, 15) is 4.79 Å². The lowest BCUT2D eigenvalue weighted by molar-refractivity contribution is 0.0944. The molecule has 1 aliphatic heterocycles. The Labute approximate surface area is 167 Å². The Morgan fingerprint density at radius 3 is 3.00 bits per heavy atom. The molecule has 0 spiro atoms. The van der Waals surface area contributed by atoms with Gasteiger partial charge in [0.05, 0.1) is 12.6 Å². The van der Waals surface area contributed by atoms with E-state index in [1.807, 2.05) is 35.1 Å². The number of benzene rings is 1. The van der Waals surface area contributed by atoms with Gasteiger partial charge in [0, 0.05) is 19.3 Å². The van der Waals surface area contributed by atoms with Crippen LogP contribution in [0.3, 0.4) is 0 Å². The Balaban J connectivity index is 0.00000261. The predicted octanol–water partition coefficient (Wildman–Crippen LogP) is 3.19. The summed E-state index contributed by atoms with van der Waals surface area (Å²) in [6.07, 6.45) is 4.13. The highest BCUT2D eigenvalue weighted by Crippen LogP contribution is 2.16. The fourth-order valence-electron chi connectivity index (χ4n) is 3.00. The molecule has 1 aliphatic rings. The zero-order valence-electron chi connectivity index (χ0n) is 16.0. The summed E-state index contributed by atoms with van der Waals surface area (Å²) in [6, 6.07) is 9.95. The van der Waals surface area contributed by atoms with Gasteiger partial charge in [-0.2, -0.15) is 5.10 Å². The molecule has 3 rings (SSSR count). The maximum Gasteiger partial charge on any atom is 0.272 e. The van der Waals surface area contributed by atoms with Gasteiger partial charge in [0.1, 0.15) is 11.4 Å². The molecule has 1 unspecified atom stereocenters. The summed E-state index contributed by atoms with van der Waals surface area (Å²) in [5, 5.41) is 10.8. The van der Waals surface area contributed by atoms with Crippen molar-refractivity contribution in [3.63, 3.8) is 0 Å². The molecule has 7 heteroatoms. The van der Waals surface area contributed by atoms with Crippen LogP contribution < -0.4 is 15.4 Å². The number of nitrogens with zero attached hydrogens (tertiary/aromatic N) is 2. The first kappa shape index (κ1) is 21.3. The lowest BCUT2D eigenvalue weighted by atomic mass is 10.1. The van der Waals surface area contributed by atoms with Crippen LogP contribution in [0.1, 0.15) is 48.8 Å². The molecule has 0 aliphatic carbocycles. The number of carbonyl (C=O) groups is 1. The van der Waals surface area contributed by atoms with E-state index in [0.29, 0.717) is 30.8 Å². The zero-order chi connectivity index (χ0) is 18.4. The van der Waals surface area contributed by atoms with Crippen LogP contribution in [0.4, 0.5) is 0 Å². The Kier molecular flexibility index (Phi) is 8.13. The normalized spacial score (nSPS) is 16.6. The number of ether oxygens (including phenoxy) is 1. The van der Waals surface area contributed by atoms with Gasteiger partial charge in [0.2, 0.25) is 0 Å². The quantitative estimate of drug-likeness (QED) is 0.759. The third kappa shape index (κ3) is 6.26. The summed E-state index contributed by atoms with van der Waals surface area (Å²) in [7, 11) is 0. The van der Waals surface area contributed by atoms with Crippen LogP contribution in [0, 0.1) is 5.92 Å². The standard InChI is InChI=1S/C20H28N4O2.ClH/c1-15(2)14-26-18-7-3-5-16(11-18)12-22-20(25)19-8-10-24(23-19)17-6-4-9-21-13-17;/h3,5,7-8,10-11,15,17,21H,4,6,9,12-14H2,1-2H3,(H,22,25);1H. The van der Waals surface area contributed by atoms with Crippen LogP contribution in [0.25, 0.3) is 0 Å². The summed E-state index contributed by atoms with van der Waals surface area (Å²) < 4.78 is 7.64. The van der Waals surface area contributed by atoms with Crippen LogP contribution in [0.2, 0.25) is 0 Å². The van der Waals surface area contributed by atoms with E-state index in [0.717, 1.165) is 37.2 Å². The van der Waals surface area contributed by atoms with E-state index >= 15 is 0 Å². The largest absolute Gasteiger partial charge is 0.493 e. The fourth-order valence-corrected chi connectivity index (χ4v) is 3.00. The number of carbonyl (C=O) groups excluding carboxylic acids is 1. The molecule has 0 saturated carbocycles. The van der Waals surface area contributed by atoms with Crippen LogP contribution >= 0.6 is 12.4 Å². The van der Waals surface area contributed by atoms with Crippen LogP contribution in [-0.2, 0) is 6.54 Å². The summed E-state index contributed by atoms with van der Waals surface area (Å²) >= 11 is 0. The molecule has 6 nitrogen and oxygen atoms in total. The van der Waals surface area contributed by atoms with E-state index in [1.54, 1.807) is 6.07 Å². The molecule has 1 aromatic heterocycles. The lowest BCUT2D eigenvalue weighted by Crippen LogP contribution is -2.32. The predicted molar refractivity (Wildman–Crippen MR) is 109 cm³/mol. The van der Waals surface area contributed by atoms with Gasteiger partial charge in [-0.1, -0.05) is 26.0 Å². The maximum atomic E-state index is 12.4. The molecule has 1 aromatic carbocycles. The van der Waals surface area contributed by atoms with E-state index < -0.39 is 0 Å². The Hall–Kier alpha value is -2.05. The molecule has 0 bridgehead atoms. The second-order valence-corrected chi connectivity index (χ2v) is 7.22. The summed E-state index contributed by atoms with van der Waals surface area (Å²) in [4.78, 5) is 12.4. The van der Waals surface area contributed by atoms with Gasteiger partial charge in [-0.05, 0) is 49.1 Å². The van der Waals surface area contributed by atoms with Gasteiger partial charge in [-0.15, -0.1) is 12.4 Å². The second-order valence-electron chi connectivity index (χ2n) is 7.22. The second kappa shape index (κ2) is 10.3. The van der Waals surface area contributed by atoms with Crippen molar-refractivity contribution >= 4 is 18.3 Å². The van der Waals surface area contributed by atoms with Crippen LogP contribution in [-0.4, -0.2) is 35.4 Å². The number of piperidine rings is 1. The average molecular weight is 393 g/mol. The van der Waals surface area contributed by atoms with Crippen molar-refractivity contribution in [3.05, 3.63) is 47.8 Å². The minimum Gasteiger partial charge on any atom is -0.493 e. The smallest absolute Gasteiger partial charge is 0.272 e. The van der Waals surface area contributed by atoms with Crippen LogP contribution in [0.5, 0.6) is 5.75 Å². The van der Waals surface area contributed by atoms with Crippen molar-refractivity contribution in [1.29, 1.82) is 0 Å². The van der Waals surface area contributed by atoms with Crippen molar-refractivity contribution in [2.45, 2.75) is 39.3 Å². The highest BCUT2D eigenvalue weighted by atomic mass is 35.5. The van der Waals surface area contributed by atoms with Crippen molar-refractivity contribution in [2.24, 2.45) is 5.92 Å². The monoisotopic (exact) mass is 392 g/mol. The number of amides is 1. The van der Waals surface area contributed by atoms with Gasteiger partial charge in [-0.3, -0.25) is 9.48 Å². The van der Waals surface area contributed by atoms with E-state index in [4.69, 9.17) is 4.74 Å². The Bertz CT molecular complexity index is 726. The minimum absolute atomic E-state index is 0. The first-order chi connectivity index (χ1) is 12.6. The van der Waals surface area contributed by atoms with Gasteiger partial charge >= 0.3 is 0 Å². The average Bonchev–Trinajstić information content (AvgIpc) is 3.16. The van der Waals surface area contributed by atoms with Gasteiger partial charge in [-0.25, -0.2) is 0 Å². The van der Waals surface area contributed by atoms with Gasteiger partial charge < -0.3 is 15.4 Å². The molecule has 1 saturated heterocycles. The molecule has 2 N–H and O–H groups in total. The number of halogens is 1. The Morgan fingerprint density at radius 2 is 2.26 bits per heavy atom. The summed E-state index contributed by atoms with van der Waals surface area (Å²) in [6.45, 7) is 7.34. The topological polar surface area (TPSA) is 68.2 Å². The third-order valence-electron chi connectivity index (χ3n) is 4.42. The number of hydrogen-bond acceptors (Lipinski definition) is 4. The molecule has 1 amide bonds. The third-order valence-corrected chi connectivity index (χ3v) is 4.42. The highest BCUT2D eigenvalue weighted by Gasteiger charge is 2.17. The van der Waals surface area contributed by atoms with E-state index in [-0.39, 0.29) is 18.3 Å². The molecule has 148 valence electrons. The number of hydrogen-bond donors (Lipinski definition) is 2. The molecule has 2 aromatic rings. The first-order valence-corrected chi connectivity index (χ1v) is 9.37. The number of rotatable bonds is 7. The molecule has 1 atom stereocenters. The lowest BCUT2D eigenvalue weighted by Gasteiger charge is -2.22. The van der Waals surface area contributed by atoms with E-state index in [2.05, 4.69) is 29.6 Å². The number of nitrogens with one attached hydrogen (secondary N) is 2. The minimum atomic E-state index is -0.152. The van der Waals surface area contributed by atoms with Crippen LogP contribution in [0.15, 0.2) is 36.5 Å². The molecule has 2 heterocycles. The summed E-state index contributed by atoms with van der Waals surface area (Å²) in [5.74, 6) is 1.16. The van der Waals surface area contributed by atoms with Crippen molar-refractivity contribution in [2.75, 3.05) is 19.7 Å². The van der Waals surface area contributed by atoms with Crippen molar-refractivity contribution in [1.82, 2.24) is 20.4 Å². The molecule has 27 heavy (non-hydrogen) atoms. The molecule has 1 fully saturated rings. The van der Waals surface area contributed by atoms with Crippen molar-refractivity contribution < 1.29 is 9.53 Å². The fraction of sp³-hybridized carbons (Fsp3) is 0.500. The van der Waals surface area contributed by atoms with E-state index in [1.165, 1.54) is 0 Å².